The van der Waals surface area contributed by atoms with E-state index in [9.17, 15) is 12.8 Å². The number of hydrogen-bond donors (Lipinski definition) is 3. The number of sulfonamides is 1. The molecule has 0 amide bonds. The lowest BCUT2D eigenvalue weighted by atomic mass is 10.3. The first kappa shape index (κ1) is 14.4. The Hall–Kier alpha value is -2.00. The predicted molar refractivity (Wildman–Crippen MR) is 70.7 cm³/mol. The van der Waals surface area contributed by atoms with Crippen LogP contribution in [0.1, 0.15) is 12.2 Å². The fourth-order valence-electron chi connectivity index (χ4n) is 1.69. The summed E-state index contributed by atoms with van der Waals surface area (Å²) in [4.78, 5) is 3.40. The zero-order valence-electron chi connectivity index (χ0n) is 10.5. The molecule has 2 rings (SSSR count). The van der Waals surface area contributed by atoms with Gasteiger partial charge in [0.05, 0.1) is 5.69 Å². The third-order valence-corrected chi connectivity index (χ3v) is 4.17. The van der Waals surface area contributed by atoms with E-state index in [0.717, 1.165) is 6.07 Å². The van der Waals surface area contributed by atoms with Crippen molar-refractivity contribution in [2.75, 3.05) is 12.3 Å². The van der Waals surface area contributed by atoms with Gasteiger partial charge in [-0.05, 0) is 18.6 Å². The highest BCUT2D eigenvalue weighted by atomic mass is 32.2. The van der Waals surface area contributed by atoms with Gasteiger partial charge in [0.25, 0.3) is 0 Å². The average molecular weight is 299 g/mol. The number of nitrogen functional groups attached to an aromatic ring is 1. The van der Waals surface area contributed by atoms with Gasteiger partial charge in [-0.2, -0.15) is 5.10 Å². The highest BCUT2D eigenvalue weighted by Gasteiger charge is 2.21. The van der Waals surface area contributed by atoms with Crippen LogP contribution in [0, 0.1) is 5.82 Å². The van der Waals surface area contributed by atoms with Gasteiger partial charge < -0.3 is 5.73 Å². The molecule has 0 unspecified atom stereocenters. The van der Waals surface area contributed by atoms with E-state index in [0.29, 0.717) is 18.7 Å². The summed E-state index contributed by atoms with van der Waals surface area (Å²) >= 11 is 0. The van der Waals surface area contributed by atoms with Crippen LogP contribution in [0.3, 0.4) is 0 Å². The van der Waals surface area contributed by atoms with Crippen molar-refractivity contribution in [3.05, 3.63) is 36.2 Å². The summed E-state index contributed by atoms with van der Waals surface area (Å²) < 4.78 is 39.8. The summed E-state index contributed by atoms with van der Waals surface area (Å²) in [5, 5.41) is 6.35. The molecule has 1 heterocycles. The van der Waals surface area contributed by atoms with Gasteiger partial charge >= 0.3 is 0 Å². The van der Waals surface area contributed by atoms with Crippen LogP contribution >= 0.6 is 0 Å². The van der Waals surface area contributed by atoms with Gasteiger partial charge in [0.15, 0.2) is 0 Å². The van der Waals surface area contributed by atoms with Crippen LogP contribution in [0.25, 0.3) is 0 Å². The minimum Gasteiger partial charge on any atom is -0.398 e. The highest BCUT2D eigenvalue weighted by molar-refractivity contribution is 7.89. The minimum absolute atomic E-state index is 0.118. The molecule has 0 radical (unpaired) electrons. The largest absolute Gasteiger partial charge is 0.398 e. The second-order valence-corrected chi connectivity index (χ2v) is 5.80. The summed E-state index contributed by atoms with van der Waals surface area (Å²) in [6.07, 6.45) is 2.41. The zero-order chi connectivity index (χ0) is 14.6. The molecule has 0 saturated heterocycles. The van der Waals surface area contributed by atoms with Crippen molar-refractivity contribution >= 4 is 15.7 Å². The molecule has 1 aromatic heterocycles. The molecule has 0 aliphatic carbocycles. The molecular formula is C11H14FN5O2S. The zero-order valence-corrected chi connectivity index (χ0v) is 11.3. The average Bonchev–Trinajstić information content (AvgIpc) is 2.87. The molecule has 9 heteroatoms. The number of nitrogens with two attached hydrogens (primary N) is 1. The predicted octanol–water partition coefficient (Wildman–Crippen LogP) is 0.437. The Balaban J connectivity index is 1.97. The highest BCUT2D eigenvalue weighted by Crippen LogP contribution is 2.21. The van der Waals surface area contributed by atoms with Crippen molar-refractivity contribution in [2.24, 2.45) is 0 Å². The van der Waals surface area contributed by atoms with Crippen LogP contribution in [-0.2, 0) is 16.4 Å². The van der Waals surface area contributed by atoms with E-state index in [1.54, 1.807) is 0 Å². The Kier molecular flexibility index (Phi) is 4.30. The first-order valence-electron chi connectivity index (χ1n) is 5.88. The monoisotopic (exact) mass is 299 g/mol. The Bertz CT molecular complexity index is 652. The summed E-state index contributed by atoms with van der Waals surface area (Å²) in [5.74, 6) is -0.206. The Morgan fingerprint density at radius 3 is 2.85 bits per heavy atom. The van der Waals surface area contributed by atoms with Gasteiger partial charge in [-0.1, -0.05) is 6.07 Å². The summed E-state index contributed by atoms with van der Waals surface area (Å²) in [6.45, 7) is 0.150. The van der Waals surface area contributed by atoms with Gasteiger partial charge in [0.2, 0.25) is 10.0 Å². The SMILES string of the molecule is Nc1cccc(F)c1S(=O)(=O)NCCCc1ncn[nH]1. The number of benzene rings is 1. The number of H-pyrrole nitrogens is 1. The number of halogens is 1. The number of nitrogens with one attached hydrogen (secondary N) is 2. The maximum Gasteiger partial charge on any atom is 0.245 e. The molecule has 108 valence electrons. The third-order valence-electron chi connectivity index (χ3n) is 2.61. The molecule has 0 saturated carbocycles. The summed E-state index contributed by atoms with van der Waals surface area (Å²) in [6, 6.07) is 3.75. The van der Waals surface area contributed by atoms with Crippen LogP contribution in [0.5, 0.6) is 0 Å². The maximum atomic E-state index is 13.6. The first-order valence-corrected chi connectivity index (χ1v) is 7.37. The van der Waals surface area contributed by atoms with Crippen LogP contribution in [0.4, 0.5) is 10.1 Å². The van der Waals surface area contributed by atoms with Crippen molar-refractivity contribution in [3.8, 4) is 0 Å². The number of rotatable bonds is 6. The van der Waals surface area contributed by atoms with Gasteiger partial charge in [-0.3, -0.25) is 5.10 Å². The molecule has 0 aliphatic rings. The third kappa shape index (κ3) is 3.31. The van der Waals surface area contributed by atoms with Crippen molar-refractivity contribution in [2.45, 2.75) is 17.7 Å². The van der Waals surface area contributed by atoms with E-state index >= 15 is 0 Å². The number of anilines is 1. The van der Waals surface area contributed by atoms with Crippen LogP contribution < -0.4 is 10.5 Å². The Morgan fingerprint density at radius 2 is 2.20 bits per heavy atom. The fraction of sp³-hybridized carbons (Fsp3) is 0.273. The molecular weight excluding hydrogens is 285 g/mol. The molecule has 0 atom stereocenters. The molecule has 2 aromatic rings. The summed E-state index contributed by atoms with van der Waals surface area (Å²) in [5.41, 5.74) is 5.39. The maximum absolute atomic E-state index is 13.6. The summed E-state index contributed by atoms with van der Waals surface area (Å²) in [7, 11) is -3.96. The van der Waals surface area contributed by atoms with E-state index in [2.05, 4.69) is 19.9 Å². The van der Waals surface area contributed by atoms with Crippen molar-refractivity contribution in [1.29, 1.82) is 0 Å². The lowest BCUT2D eigenvalue weighted by Crippen LogP contribution is -2.27. The molecule has 0 fully saturated rings. The number of nitrogens with zero attached hydrogens (tertiary/aromatic N) is 2. The van der Waals surface area contributed by atoms with Crippen molar-refractivity contribution in [1.82, 2.24) is 19.9 Å². The van der Waals surface area contributed by atoms with Crippen molar-refractivity contribution < 1.29 is 12.8 Å². The molecule has 4 N–H and O–H groups in total. The second-order valence-electron chi connectivity index (χ2n) is 4.09. The molecule has 20 heavy (non-hydrogen) atoms. The van der Waals surface area contributed by atoms with E-state index in [-0.39, 0.29) is 12.2 Å². The molecule has 0 aliphatic heterocycles. The lowest BCUT2D eigenvalue weighted by Gasteiger charge is -2.09. The minimum atomic E-state index is -3.96. The Morgan fingerprint density at radius 1 is 1.40 bits per heavy atom. The lowest BCUT2D eigenvalue weighted by molar-refractivity contribution is 0.556. The smallest absolute Gasteiger partial charge is 0.245 e. The molecule has 0 bridgehead atoms. The molecule has 7 nitrogen and oxygen atoms in total. The van der Waals surface area contributed by atoms with E-state index in [1.807, 2.05) is 0 Å². The van der Waals surface area contributed by atoms with Gasteiger partial charge in [0.1, 0.15) is 22.9 Å². The first-order chi connectivity index (χ1) is 9.50. The van der Waals surface area contributed by atoms with Crippen LogP contribution in [-0.4, -0.2) is 30.1 Å². The van der Waals surface area contributed by atoms with Gasteiger partial charge in [-0.25, -0.2) is 22.5 Å². The number of aryl methyl sites for hydroxylation is 1. The topological polar surface area (TPSA) is 114 Å². The Labute approximate surface area is 115 Å². The quantitative estimate of drug-likeness (QED) is 0.529. The van der Waals surface area contributed by atoms with Gasteiger partial charge in [-0.15, -0.1) is 0 Å². The fourth-order valence-corrected chi connectivity index (χ4v) is 2.96. The van der Waals surface area contributed by atoms with Gasteiger partial charge in [0, 0.05) is 13.0 Å². The van der Waals surface area contributed by atoms with Crippen LogP contribution in [0.2, 0.25) is 0 Å². The number of hydrogen-bond acceptors (Lipinski definition) is 5. The van der Waals surface area contributed by atoms with Crippen LogP contribution in [0.15, 0.2) is 29.4 Å². The molecule has 1 aromatic carbocycles. The number of aromatic nitrogens is 3. The van der Waals surface area contributed by atoms with E-state index < -0.39 is 20.7 Å². The van der Waals surface area contributed by atoms with E-state index in [1.165, 1.54) is 18.5 Å². The van der Waals surface area contributed by atoms with Crippen molar-refractivity contribution in [3.63, 3.8) is 0 Å². The number of aromatic amines is 1. The normalized spacial score (nSPS) is 11.7. The standard InChI is InChI=1S/C11H14FN5O2S/c12-8-3-1-4-9(13)11(8)20(18,19)16-6-2-5-10-14-7-15-17-10/h1,3-4,7,16H,2,5-6,13H2,(H,14,15,17). The molecule has 0 spiro atoms. The second kappa shape index (κ2) is 5.97. The van der Waals surface area contributed by atoms with E-state index in [4.69, 9.17) is 5.73 Å².